The lowest BCUT2D eigenvalue weighted by molar-refractivity contribution is 0.183. The van der Waals surface area contributed by atoms with E-state index in [0.29, 0.717) is 12.4 Å². The Hall–Kier alpha value is -1.20. The Balaban J connectivity index is 1.92. The Morgan fingerprint density at radius 3 is 2.74 bits per heavy atom. The summed E-state index contributed by atoms with van der Waals surface area (Å²) in [6, 6.07) is 4.65. The van der Waals surface area contributed by atoms with Gasteiger partial charge in [-0.3, -0.25) is 4.90 Å². The van der Waals surface area contributed by atoms with Crippen molar-refractivity contribution in [3.63, 3.8) is 0 Å². The first kappa shape index (κ1) is 14.2. The van der Waals surface area contributed by atoms with Crippen LogP contribution in [0.1, 0.15) is 24.8 Å². The molecule has 5 heteroatoms. The van der Waals surface area contributed by atoms with E-state index in [1.54, 1.807) is 12.1 Å². The van der Waals surface area contributed by atoms with Crippen LogP contribution in [0.5, 0.6) is 5.75 Å². The van der Waals surface area contributed by atoms with E-state index in [0.717, 1.165) is 19.6 Å². The summed E-state index contributed by atoms with van der Waals surface area (Å²) in [5.41, 5.74) is 5.74. The van der Waals surface area contributed by atoms with Gasteiger partial charge in [0.25, 0.3) is 0 Å². The van der Waals surface area contributed by atoms with E-state index < -0.39 is 5.82 Å². The number of hydrogen-bond acceptors (Lipinski definition) is 3. The van der Waals surface area contributed by atoms with E-state index in [1.807, 2.05) is 0 Å². The van der Waals surface area contributed by atoms with Gasteiger partial charge in [0.15, 0.2) is 0 Å². The third-order valence-corrected chi connectivity index (χ3v) is 3.54. The topological polar surface area (TPSA) is 38.5 Å². The molecule has 0 saturated carbocycles. The van der Waals surface area contributed by atoms with Crippen LogP contribution in [0, 0.1) is 5.82 Å². The van der Waals surface area contributed by atoms with Gasteiger partial charge in [0.2, 0.25) is 0 Å². The molecule has 1 aromatic carbocycles. The highest BCUT2D eigenvalue weighted by Gasteiger charge is 2.13. The maximum atomic E-state index is 13.6. The zero-order valence-corrected chi connectivity index (χ0v) is 11.7. The second kappa shape index (κ2) is 6.82. The Labute approximate surface area is 118 Å². The molecule has 0 unspecified atom stereocenters. The largest absolute Gasteiger partial charge is 0.491 e. The van der Waals surface area contributed by atoms with Crippen LogP contribution in [0.15, 0.2) is 18.2 Å². The van der Waals surface area contributed by atoms with Crippen LogP contribution in [-0.4, -0.2) is 36.1 Å². The van der Waals surface area contributed by atoms with Crippen molar-refractivity contribution in [1.29, 1.82) is 0 Å². The molecule has 19 heavy (non-hydrogen) atoms. The first-order valence-electron chi connectivity index (χ1n) is 6.62. The second-order valence-corrected chi connectivity index (χ2v) is 5.17. The smallest absolute Gasteiger partial charge is 0.137 e. The van der Waals surface area contributed by atoms with Gasteiger partial charge >= 0.3 is 0 Å². The highest BCUT2D eigenvalue weighted by molar-refractivity contribution is 7.80. The van der Waals surface area contributed by atoms with Gasteiger partial charge in [-0.25, -0.2) is 4.39 Å². The fourth-order valence-corrected chi connectivity index (χ4v) is 2.53. The number of halogens is 1. The van der Waals surface area contributed by atoms with Crippen LogP contribution < -0.4 is 10.5 Å². The van der Waals surface area contributed by atoms with Crippen LogP contribution in [-0.2, 0) is 0 Å². The molecule has 1 aliphatic rings. The summed E-state index contributed by atoms with van der Waals surface area (Å²) in [4.78, 5) is 2.40. The predicted octanol–water partition coefficient (Wildman–Crippen LogP) is 2.32. The molecule has 0 atom stereocenters. The third-order valence-electron chi connectivity index (χ3n) is 3.34. The number of hydrogen-bond donors (Lipinski definition) is 1. The van der Waals surface area contributed by atoms with Crippen molar-refractivity contribution < 1.29 is 9.13 Å². The molecule has 0 spiro atoms. The molecular weight excluding hydrogens is 263 g/mol. The molecule has 0 aromatic heterocycles. The van der Waals surface area contributed by atoms with Crippen molar-refractivity contribution >= 4 is 17.2 Å². The lowest BCUT2D eigenvalue weighted by atomic mass is 10.1. The van der Waals surface area contributed by atoms with Gasteiger partial charge in [0.1, 0.15) is 23.2 Å². The fraction of sp³-hybridized carbons (Fsp3) is 0.500. The van der Waals surface area contributed by atoms with Crippen LogP contribution in [0.25, 0.3) is 0 Å². The first-order valence-corrected chi connectivity index (χ1v) is 7.03. The summed E-state index contributed by atoms with van der Waals surface area (Å²) in [6.07, 6.45) is 3.81. The summed E-state index contributed by atoms with van der Waals surface area (Å²) >= 11 is 4.86. The minimum Gasteiger partial charge on any atom is -0.491 e. The molecule has 3 nitrogen and oxygen atoms in total. The molecule has 2 rings (SSSR count). The zero-order chi connectivity index (χ0) is 13.7. The highest BCUT2D eigenvalue weighted by atomic mass is 32.1. The van der Waals surface area contributed by atoms with Crippen molar-refractivity contribution in [1.82, 2.24) is 4.90 Å². The number of rotatable bonds is 5. The van der Waals surface area contributed by atoms with E-state index >= 15 is 0 Å². The molecule has 1 saturated heterocycles. The number of benzene rings is 1. The highest BCUT2D eigenvalue weighted by Crippen LogP contribution is 2.21. The number of likely N-dealkylation sites (tertiary alicyclic amines) is 1. The number of nitrogens with two attached hydrogens (primary N) is 1. The van der Waals surface area contributed by atoms with E-state index in [2.05, 4.69) is 4.90 Å². The van der Waals surface area contributed by atoms with Gasteiger partial charge in [0.05, 0.1) is 5.56 Å². The average molecular weight is 282 g/mol. The molecule has 0 aliphatic carbocycles. The maximum absolute atomic E-state index is 13.6. The van der Waals surface area contributed by atoms with Crippen molar-refractivity contribution in [3.8, 4) is 5.75 Å². The van der Waals surface area contributed by atoms with Crippen LogP contribution in [0.3, 0.4) is 0 Å². The maximum Gasteiger partial charge on any atom is 0.137 e. The minimum absolute atomic E-state index is 0.0334. The van der Waals surface area contributed by atoms with Crippen molar-refractivity contribution in [2.75, 3.05) is 26.2 Å². The number of nitrogens with zero attached hydrogens (tertiary/aromatic N) is 1. The quantitative estimate of drug-likeness (QED) is 0.841. The molecule has 104 valence electrons. The van der Waals surface area contributed by atoms with Crippen LogP contribution >= 0.6 is 12.2 Å². The fourth-order valence-electron chi connectivity index (χ4n) is 2.33. The molecule has 1 fully saturated rings. The lowest BCUT2D eigenvalue weighted by Crippen LogP contribution is -2.33. The van der Waals surface area contributed by atoms with Crippen molar-refractivity contribution in [2.24, 2.45) is 5.73 Å². The summed E-state index contributed by atoms with van der Waals surface area (Å²) in [6.45, 7) is 3.62. The lowest BCUT2D eigenvalue weighted by Gasteiger charge is -2.26. The van der Waals surface area contributed by atoms with Gasteiger partial charge < -0.3 is 10.5 Å². The number of ether oxygens (including phenoxy) is 1. The molecule has 0 amide bonds. The first-order chi connectivity index (χ1) is 9.18. The van der Waals surface area contributed by atoms with E-state index in [4.69, 9.17) is 22.7 Å². The molecule has 1 aromatic rings. The molecule has 0 bridgehead atoms. The minimum atomic E-state index is -0.428. The summed E-state index contributed by atoms with van der Waals surface area (Å²) in [5.74, 6) is 0.00693. The Kier molecular flexibility index (Phi) is 5.10. The average Bonchev–Trinajstić information content (AvgIpc) is 2.39. The standard InChI is InChI=1S/C14H19FN2OS/c15-11-5-4-6-12(13(11)14(16)19)18-10-9-17-7-2-1-3-8-17/h4-6H,1-3,7-10H2,(H2,16,19). The van der Waals surface area contributed by atoms with Gasteiger partial charge in [-0.15, -0.1) is 0 Å². The molecule has 0 radical (unpaired) electrons. The molecule has 1 heterocycles. The summed E-state index contributed by atoms with van der Waals surface area (Å²) in [7, 11) is 0. The predicted molar refractivity (Wildman–Crippen MR) is 78.1 cm³/mol. The van der Waals surface area contributed by atoms with Crippen molar-refractivity contribution in [2.45, 2.75) is 19.3 Å². The number of piperidine rings is 1. The Morgan fingerprint density at radius 1 is 1.32 bits per heavy atom. The van der Waals surface area contributed by atoms with Gasteiger partial charge in [-0.1, -0.05) is 24.7 Å². The molecular formula is C14H19FN2OS. The van der Waals surface area contributed by atoms with Crippen LogP contribution in [0.2, 0.25) is 0 Å². The molecule has 2 N–H and O–H groups in total. The molecule has 1 aliphatic heterocycles. The van der Waals surface area contributed by atoms with Gasteiger partial charge in [-0.05, 0) is 38.1 Å². The van der Waals surface area contributed by atoms with E-state index in [9.17, 15) is 4.39 Å². The third kappa shape index (κ3) is 3.88. The van der Waals surface area contributed by atoms with E-state index in [1.165, 1.54) is 25.3 Å². The van der Waals surface area contributed by atoms with Crippen molar-refractivity contribution in [3.05, 3.63) is 29.6 Å². The number of thiocarbonyl (C=S) groups is 1. The van der Waals surface area contributed by atoms with Gasteiger partial charge in [-0.2, -0.15) is 0 Å². The monoisotopic (exact) mass is 282 g/mol. The zero-order valence-electron chi connectivity index (χ0n) is 10.9. The summed E-state index contributed by atoms with van der Waals surface area (Å²) < 4.78 is 19.3. The SMILES string of the molecule is NC(=S)c1c(F)cccc1OCCN1CCCCC1. The Bertz CT molecular complexity index is 447. The summed E-state index contributed by atoms with van der Waals surface area (Å²) in [5, 5.41) is 0. The van der Waals surface area contributed by atoms with Crippen LogP contribution in [0.4, 0.5) is 4.39 Å². The van der Waals surface area contributed by atoms with E-state index in [-0.39, 0.29) is 10.6 Å². The second-order valence-electron chi connectivity index (χ2n) is 4.73. The van der Waals surface area contributed by atoms with Gasteiger partial charge in [0, 0.05) is 6.54 Å². The Morgan fingerprint density at radius 2 is 2.05 bits per heavy atom. The normalized spacial score (nSPS) is 16.3.